The fourth-order valence-electron chi connectivity index (χ4n) is 3.43. The standard InChI is InChI=1S/C18H25F2N7O/c1-11(2)9-27-15(16(19)20)14(8-23-27)25-18(28)26-7-3-4-12(10-26)13-5-6-22-17(21)24-13/h5-6,8,11-12,16H,3-4,7,9-10H2,1-2H3,(H,25,28)(H2,21,22,24). The summed E-state index contributed by atoms with van der Waals surface area (Å²) in [5, 5.41) is 6.63. The highest BCUT2D eigenvalue weighted by molar-refractivity contribution is 5.90. The molecule has 3 heterocycles. The molecule has 3 N–H and O–H groups in total. The van der Waals surface area contributed by atoms with E-state index in [0.29, 0.717) is 19.6 Å². The lowest BCUT2D eigenvalue weighted by molar-refractivity contribution is 0.138. The van der Waals surface area contributed by atoms with Gasteiger partial charge in [0.05, 0.1) is 17.6 Å². The Balaban J connectivity index is 1.71. The smallest absolute Gasteiger partial charge is 0.321 e. The average Bonchev–Trinajstić information content (AvgIpc) is 3.03. The molecule has 1 aliphatic rings. The van der Waals surface area contributed by atoms with Gasteiger partial charge in [-0.25, -0.2) is 23.5 Å². The fraction of sp³-hybridized carbons (Fsp3) is 0.556. The molecule has 2 amide bonds. The van der Waals surface area contributed by atoms with Gasteiger partial charge in [0.2, 0.25) is 5.95 Å². The highest BCUT2D eigenvalue weighted by Gasteiger charge is 2.28. The molecule has 28 heavy (non-hydrogen) atoms. The molecule has 1 atom stereocenters. The molecule has 2 aromatic heterocycles. The third-order valence-corrected chi connectivity index (χ3v) is 4.69. The first-order chi connectivity index (χ1) is 13.3. The van der Waals surface area contributed by atoms with E-state index in [1.54, 1.807) is 17.2 Å². The van der Waals surface area contributed by atoms with E-state index in [1.165, 1.54) is 10.9 Å². The van der Waals surface area contributed by atoms with Crippen molar-refractivity contribution in [1.29, 1.82) is 0 Å². The molecule has 0 spiro atoms. The van der Waals surface area contributed by atoms with Gasteiger partial charge < -0.3 is 16.0 Å². The second-order valence-corrected chi connectivity index (χ2v) is 7.38. The molecule has 1 fully saturated rings. The first kappa shape index (κ1) is 20.0. The zero-order valence-corrected chi connectivity index (χ0v) is 16.0. The third kappa shape index (κ3) is 4.55. The number of aromatic nitrogens is 4. The number of nitrogens with two attached hydrogens (primary N) is 1. The van der Waals surface area contributed by atoms with Crippen molar-refractivity contribution >= 4 is 17.7 Å². The number of amides is 2. The van der Waals surface area contributed by atoms with Crippen molar-refractivity contribution < 1.29 is 13.6 Å². The number of nitrogens with one attached hydrogen (secondary N) is 1. The monoisotopic (exact) mass is 393 g/mol. The molecule has 2 aromatic rings. The molecular weight excluding hydrogens is 368 g/mol. The van der Waals surface area contributed by atoms with Gasteiger partial charge in [0.15, 0.2) is 0 Å². The van der Waals surface area contributed by atoms with Crippen LogP contribution in [0.4, 0.5) is 25.2 Å². The quantitative estimate of drug-likeness (QED) is 0.812. The van der Waals surface area contributed by atoms with E-state index in [9.17, 15) is 13.6 Å². The van der Waals surface area contributed by atoms with Crippen molar-refractivity contribution in [1.82, 2.24) is 24.6 Å². The minimum Gasteiger partial charge on any atom is -0.368 e. The van der Waals surface area contributed by atoms with Gasteiger partial charge in [0, 0.05) is 31.7 Å². The van der Waals surface area contributed by atoms with Gasteiger partial charge in [-0.05, 0) is 24.8 Å². The third-order valence-electron chi connectivity index (χ3n) is 4.69. The summed E-state index contributed by atoms with van der Waals surface area (Å²) in [6, 6.07) is 1.37. The van der Waals surface area contributed by atoms with Gasteiger partial charge in [-0.2, -0.15) is 5.10 Å². The van der Waals surface area contributed by atoms with Crippen LogP contribution in [0.1, 0.15) is 50.4 Å². The highest BCUT2D eigenvalue weighted by Crippen LogP contribution is 2.29. The number of halogens is 2. The summed E-state index contributed by atoms with van der Waals surface area (Å²) in [5.74, 6) is 0.380. The van der Waals surface area contributed by atoms with E-state index in [4.69, 9.17) is 5.73 Å². The molecule has 152 valence electrons. The Morgan fingerprint density at radius 1 is 1.43 bits per heavy atom. The minimum atomic E-state index is -2.73. The Hall–Kier alpha value is -2.78. The fourth-order valence-corrected chi connectivity index (χ4v) is 3.43. The lowest BCUT2D eigenvalue weighted by Crippen LogP contribution is -2.42. The van der Waals surface area contributed by atoms with Crippen LogP contribution in [0, 0.1) is 5.92 Å². The number of carbonyl (C=O) groups is 1. The maximum Gasteiger partial charge on any atom is 0.321 e. The van der Waals surface area contributed by atoms with Crippen LogP contribution in [0.25, 0.3) is 0 Å². The van der Waals surface area contributed by atoms with Crippen LogP contribution < -0.4 is 11.1 Å². The number of hydrogen-bond acceptors (Lipinski definition) is 5. The first-order valence-electron chi connectivity index (χ1n) is 9.33. The van der Waals surface area contributed by atoms with Crippen molar-refractivity contribution in [2.75, 3.05) is 24.1 Å². The van der Waals surface area contributed by atoms with Crippen molar-refractivity contribution in [2.45, 2.75) is 45.6 Å². The molecule has 1 saturated heterocycles. The second-order valence-electron chi connectivity index (χ2n) is 7.38. The lowest BCUT2D eigenvalue weighted by atomic mass is 9.95. The van der Waals surface area contributed by atoms with Gasteiger partial charge in [-0.1, -0.05) is 13.8 Å². The minimum absolute atomic E-state index is 0.0306. The number of alkyl halides is 2. The first-order valence-corrected chi connectivity index (χ1v) is 9.33. The summed E-state index contributed by atoms with van der Waals surface area (Å²) >= 11 is 0. The molecule has 1 unspecified atom stereocenters. The van der Waals surface area contributed by atoms with Crippen LogP contribution >= 0.6 is 0 Å². The number of likely N-dealkylation sites (tertiary alicyclic amines) is 1. The number of anilines is 2. The van der Waals surface area contributed by atoms with Gasteiger partial charge in [0.1, 0.15) is 5.69 Å². The number of hydrogen-bond donors (Lipinski definition) is 2. The zero-order valence-electron chi connectivity index (χ0n) is 16.0. The Bertz CT molecular complexity index is 824. The summed E-state index contributed by atoms with van der Waals surface area (Å²) in [6.07, 6.45) is 1.81. The van der Waals surface area contributed by atoms with Crippen molar-refractivity contribution in [3.05, 3.63) is 29.8 Å². The van der Waals surface area contributed by atoms with Gasteiger partial charge >= 0.3 is 6.03 Å². The van der Waals surface area contributed by atoms with Crippen LogP contribution in [0.2, 0.25) is 0 Å². The second kappa shape index (κ2) is 8.49. The summed E-state index contributed by atoms with van der Waals surface area (Å²) in [5.41, 5.74) is 6.21. The Morgan fingerprint density at radius 3 is 2.89 bits per heavy atom. The predicted molar refractivity (Wildman–Crippen MR) is 101 cm³/mol. The van der Waals surface area contributed by atoms with E-state index in [1.807, 2.05) is 13.8 Å². The van der Waals surface area contributed by atoms with E-state index in [2.05, 4.69) is 20.4 Å². The van der Waals surface area contributed by atoms with Crippen LogP contribution in [0.3, 0.4) is 0 Å². The lowest BCUT2D eigenvalue weighted by Gasteiger charge is -2.32. The van der Waals surface area contributed by atoms with Crippen LogP contribution in [-0.4, -0.2) is 43.8 Å². The number of urea groups is 1. The Morgan fingerprint density at radius 2 is 2.21 bits per heavy atom. The molecule has 0 radical (unpaired) electrons. The molecule has 10 heteroatoms. The SMILES string of the molecule is CC(C)Cn1ncc(NC(=O)N2CCCC(c3ccnc(N)n3)C2)c1C(F)F. The molecule has 8 nitrogen and oxygen atoms in total. The van der Waals surface area contributed by atoms with E-state index < -0.39 is 12.5 Å². The van der Waals surface area contributed by atoms with Gasteiger partial charge in [0.25, 0.3) is 6.43 Å². The number of nitrogens with zero attached hydrogens (tertiary/aromatic N) is 5. The summed E-state index contributed by atoms with van der Waals surface area (Å²) in [6.45, 7) is 5.18. The largest absolute Gasteiger partial charge is 0.368 e. The average molecular weight is 393 g/mol. The number of nitrogen functional groups attached to an aromatic ring is 1. The maximum atomic E-state index is 13.5. The Labute approximate surface area is 162 Å². The Kier molecular flexibility index (Phi) is 6.05. The van der Waals surface area contributed by atoms with Crippen molar-refractivity contribution in [2.24, 2.45) is 5.92 Å². The van der Waals surface area contributed by atoms with Crippen LogP contribution in [0.5, 0.6) is 0 Å². The molecule has 0 aliphatic carbocycles. The van der Waals surface area contributed by atoms with Crippen LogP contribution in [0.15, 0.2) is 18.5 Å². The summed E-state index contributed by atoms with van der Waals surface area (Å²) in [7, 11) is 0. The molecule has 0 saturated carbocycles. The van der Waals surface area contributed by atoms with E-state index >= 15 is 0 Å². The number of piperidine rings is 1. The molecule has 0 bridgehead atoms. The molecule has 0 aromatic carbocycles. The zero-order chi connectivity index (χ0) is 20.3. The molecule has 1 aliphatic heterocycles. The molecular formula is C18H25F2N7O. The summed E-state index contributed by atoms with van der Waals surface area (Å²) < 4.78 is 28.3. The van der Waals surface area contributed by atoms with Crippen molar-refractivity contribution in [3.8, 4) is 0 Å². The predicted octanol–water partition coefficient (Wildman–Crippen LogP) is 3.26. The maximum absolute atomic E-state index is 13.5. The summed E-state index contributed by atoms with van der Waals surface area (Å²) in [4.78, 5) is 22.4. The van der Waals surface area contributed by atoms with Gasteiger partial charge in [-0.15, -0.1) is 0 Å². The topological polar surface area (TPSA) is 102 Å². The molecule has 3 rings (SSSR count). The van der Waals surface area contributed by atoms with E-state index in [-0.39, 0.29) is 29.2 Å². The van der Waals surface area contributed by atoms with Crippen molar-refractivity contribution in [3.63, 3.8) is 0 Å². The van der Waals surface area contributed by atoms with Gasteiger partial charge in [-0.3, -0.25) is 4.68 Å². The number of carbonyl (C=O) groups excluding carboxylic acids is 1. The van der Waals surface area contributed by atoms with Crippen LogP contribution in [-0.2, 0) is 6.54 Å². The van der Waals surface area contributed by atoms with E-state index in [0.717, 1.165) is 18.5 Å². The number of rotatable bonds is 5. The highest BCUT2D eigenvalue weighted by atomic mass is 19.3. The normalized spacial score (nSPS) is 17.4.